The summed E-state index contributed by atoms with van der Waals surface area (Å²) in [6.45, 7) is 1.94. The second kappa shape index (κ2) is 10.9. The third-order valence-corrected chi connectivity index (χ3v) is 6.63. The van der Waals surface area contributed by atoms with E-state index in [0.717, 1.165) is 22.3 Å². The van der Waals surface area contributed by atoms with Crippen LogP contribution in [-0.4, -0.2) is 67.7 Å². The second-order valence-corrected chi connectivity index (χ2v) is 8.80. The third-order valence-electron chi connectivity index (χ3n) is 6.63. The van der Waals surface area contributed by atoms with E-state index >= 15 is 0 Å². The van der Waals surface area contributed by atoms with Crippen molar-refractivity contribution in [3.05, 3.63) is 59.7 Å². The first-order valence-corrected chi connectivity index (χ1v) is 11.7. The maximum atomic E-state index is 12.8. The van der Waals surface area contributed by atoms with Crippen molar-refractivity contribution >= 4 is 18.0 Å². The van der Waals surface area contributed by atoms with Gasteiger partial charge in [0.2, 0.25) is 5.91 Å². The molecule has 1 aliphatic heterocycles. The van der Waals surface area contributed by atoms with Crippen molar-refractivity contribution in [3.63, 3.8) is 0 Å². The van der Waals surface area contributed by atoms with Crippen molar-refractivity contribution in [2.24, 2.45) is 0 Å². The van der Waals surface area contributed by atoms with Gasteiger partial charge in [-0.3, -0.25) is 4.79 Å². The maximum Gasteiger partial charge on any atom is 0.407 e. The highest BCUT2D eigenvalue weighted by molar-refractivity contribution is 5.86. The molecule has 0 spiro atoms. The SMILES string of the molecule is CO[C@H](C)[C@H](NC(=O)OCC1c2ccccc2-c2ccccc21)C(=O)NCC1CCC(C(=O)O)O1. The minimum absolute atomic E-state index is 0.0954. The second-order valence-electron chi connectivity index (χ2n) is 8.80. The van der Waals surface area contributed by atoms with E-state index < -0.39 is 42.3 Å². The number of aliphatic carboxylic acids is 1. The van der Waals surface area contributed by atoms with E-state index in [1.165, 1.54) is 7.11 Å². The Hall–Kier alpha value is -3.43. The summed E-state index contributed by atoms with van der Waals surface area (Å²) in [5.41, 5.74) is 4.44. The normalized spacial score (nSPS) is 20.4. The van der Waals surface area contributed by atoms with E-state index in [1.807, 2.05) is 36.4 Å². The minimum atomic E-state index is -1.01. The number of carboxylic acid groups (broad SMARTS) is 1. The van der Waals surface area contributed by atoms with Gasteiger partial charge in [0, 0.05) is 19.6 Å². The fraction of sp³-hybridized carbons (Fsp3) is 0.423. The number of benzene rings is 2. The first-order chi connectivity index (χ1) is 16.9. The number of methoxy groups -OCH3 is 1. The zero-order valence-electron chi connectivity index (χ0n) is 19.7. The highest BCUT2D eigenvalue weighted by Crippen LogP contribution is 2.44. The van der Waals surface area contributed by atoms with Gasteiger partial charge in [-0.1, -0.05) is 48.5 Å². The molecular formula is C26H30N2O7. The van der Waals surface area contributed by atoms with Gasteiger partial charge in [-0.2, -0.15) is 0 Å². The van der Waals surface area contributed by atoms with Crippen LogP contribution in [0, 0.1) is 0 Å². The van der Waals surface area contributed by atoms with E-state index in [4.69, 9.17) is 19.3 Å². The number of ether oxygens (including phenoxy) is 3. The molecule has 35 heavy (non-hydrogen) atoms. The number of carboxylic acids is 1. The topological polar surface area (TPSA) is 123 Å². The van der Waals surface area contributed by atoms with Gasteiger partial charge in [0.25, 0.3) is 0 Å². The van der Waals surface area contributed by atoms with E-state index in [0.29, 0.717) is 12.8 Å². The highest BCUT2D eigenvalue weighted by Gasteiger charge is 2.33. The summed E-state index contributed by atoms with van der Waals surface area (Å²) in [6.07, 6.45) is -1.67. The average Bonchev–Trinajstić information content (AvgIpc) is 3.47. The Morgan fingerprint density at radius 2 is 1.69 bits per heavy atom. The summed E-state index contributed by atoms with van der Waals surface area (Å²) in [5, 5.41) is 14.4. The van der Waals surface area contributed by atoms with Crippen LogP contribution in [0.15, 0.2) is 48.5 Å². The Bertz CT molecular complexity index is 1040. The van der Waals surface area contributed by atoms with Crippen molar-refractivity contribution in [2.45, 2.75) is 50.0 Å². The number of carbonyl (C=O) groups excluding carboxylic acids is 2. The molecule has 2 unspecified atom stereocenters. The Kier molecular flexibility index (Phi) is 7.67. The molecule has 2 amide bonds. The average molecular weight is 483 g/mol. The lowest BCUT2D eigenvalue weighted by molar-refractivity contribution is -0.149. The molecule has 2 aromatic carbocycles. The van der Waals surface area contributed by atoms with E-state index in [-0.39, 0.29) is 19.1 Å². The number of hydrogen-bond acceptors (Lipinski definition) is 6. The lowest BCUT2D eigenvalue weighted by Crippen LogP contribution is -2.54. The largest absolute Gasteiger partial charge is 0.479 e. The van der Waals surface area contributed by atoms with Crippen molar-refractivity contribution in [1.29, 1.82) is 0 Å². The van der Waals surface area contributed by atoms with Crippen LogP contribution < -0.4 is 10.6 Å². The van der Waals surface area contributed by atoms with E-state index in [9.17, 15) is 14.4 Å². The number of fused-ring (bicyclic) bond motifs is 3. The van der Waals surface area contributed by atoms with Gasteiger partial charge in [0.15, 0.2) is 6.10 Å². The molecule has 0 saturated carbocycles. The van der Waals surface area contributed by atoms with Crippen LogP contribution >= 0.6 is 0 Å². The van der Waals surface area contributed by atoms with E-state index in [2.05, 4.69) is 22.8 Å². The molecule has 9 heteroatoms. The van der Waals surface area contributed by atoms with E-state index in [1.54, 1.807) is 6.92 Å². The third kappa shape index (κ3) is 5.47. The van der Waals surface area contributed by atoms with Gasteiger partial charge in [0.05, 0.1) is 12.2 Å². The molecule has 0 bridgehead atoms. The summed E-state index contributed by atoms with van der Waals surface area (Å²) in [4.78, 5) is 36.5. The fourth-order valence-electron chi connectivity index (χ4n) is 4.66. The monoisotopic (exact) mass is 482 g/mol. The van der Waals surface area contributed by atoms with Crippen LogP contribution in [0.3, 0.4) is 0 Å². The molecule has 1 saturated heterocycles. The van der Waals surface area contributed by atoms with Crippen LogP contribution in [-0.2, 0) is 23.8 Å². The Morgan fingerprint density at radius 3 is 2.26 bits per heavy atom. The number of rotatable bonds is 9. The fourth-order valence-corrected chi connectivity index (χ4v) is 4.66. The number of nitrogens with one attached hydrogen (secondary N) is 2. The lowest BCUT2D eigenvalue weighted by atomic mass is 9.98. The van der Waals surface area contributed by atoms with Crippen LogP contribution in [0.25, 0.3) is 11.1 Å². The summed E-state index contributed by atoms with van der Waals surface area (Å²) in [6, 6.07) is 15.1. The summed E-state index contributed by atoms with van der Waals surface area (Å²) in [5.74, 6) is -1.57. The first kappa shape index (κ1) is 24.7. The maximum absolute atomic E-state index is 12.8. The number of hydrogen-bond donors (Lipinski definition) is 3. The van der Waals surface area contributed by atoms with Gasteiger partial charge in [0.1, 0.15) is 12.6 Å². The first-order valence-electron chi connectivity index (χ1n) is 11.7. The van der Waals surface area contributed by atoms with Crippen LogP contribution in [0.2, 0.25) is 0 Å². The predicted molar refractivity (Wildman–Crippen MR) is 127 cm³/mol. The molecular weight excluding hydrogens is 452 g/mol. The quantitative estimate of drug-likeness (QED) is 0.502. The Labute approximate surface area is 203 Å². The van der Waals surface area contributed by atoms with Crippen LogP contribution in [0.5, 0.6) is 0 Å². The molecule has 186 valence electrons. The zero-order valence-corrected chi connectivity index (χ0v) is 19.7. The van der Waals surface area contributed by atoms with Gasteiger partial charge in [-0.15, -0.1) is 0 Å². The number of carbonyl (C=O) groups is 3. The molecule has 1 heterocycles. The van der Waals surface area contributed by atoms with Gasteiger partial charge in [-0.25, -0.2) is 9.59 Å². The molecule has 9 nitrogen and oxygen atoms in total. The predicted octanol–water partition coefficient (Wildman–Crippen LogP) is 2.68. The van der Waals surface area contributed by atoms with Crippen LogP contribution in [0.4, 0.5) is 4.79 Å². The molecule has 4 rings (SSSR count). The minimum Gasteiger partial charge on any atom is -0.479 e. The Balaban J connectivity index is 1.34. The summed E-state index contributed by atoms with van der Waals surface area (Å²) < 4.78 is 16.3. The molecule has 0 radical (unpaired) electrons. The molecule has 2 aliphatic rings. The molecule has 0 aromatic heterocycles. The summed E-state index contributed by atoms with van der Waals surface area (Å²) >= 11 is 0. The smallest absolute Gasteiger partial charge is 0.407 e. The molecule has 1 fully saturated rings. The van der Waals surface area contributed by atoms with Gasteiger partial charge in [-0.05, 0) is 42.0 Å². The Morgan fingerprint density at radius 1 is 1.06 bits per heavy atom. The van der Waals surface area contributed by atoms with Crippen molar-refractivity contribution in [2.75, 3.05) is 20.3 Å². The van der Waals surface area contributed by atoms with Crippen LogP contribution in [0.1, 0.15) is 36.8 Å². The number of alkyl carbamates (subject to hydrolysis) is 1. The highest BCUT2D eigenvalue weighted by atomic mass is 16.6. The molecule has 1 aliphatic carbocycles. The zero-order chi connectivity index (χ0) is 24.9. The lowest BCUT2D eigenvalue weighted by Gasteiger charge is -2.24. The van der Waals surface area contributed by atoms with Gasteiger partial charge >= 0.3 is 12.1 Å². The molecule has 3 N–H and O–H groups in total. The van der Waals surface area contributed by atoms with Crippen molar-refractivity contribution in [1.82, 2.24) is 10.6 Å². The molecule has 4 atom stereocenters. The van der Waals surface area contributed by atoms with Gasteiger partial charge < -0.3 is 30.0 Å². The number of amides is 2. The summed E-state index contributed by atoms with van der Waals surface area (Å²) in [7, 11) is 1.45. The standard InChI is InChI=1S/C26H30N2O7/c1-15(33-2)23(24(29)27-13-16-11-12-22(35-16)25(30)31)28-26(32)34-14-21-19-9-5-3-7-17(19)18-8-4-6-10-20(18)21/h3-10,15-16,21-23H,11-14H2,1-2H3,(H,27,29)(H,28,32)(H,30,31)/t15-,16?,22?,23+/m1/s1. The molecule has 2 aromatic rings. The van der Waals surface area contributed by atoms with Crippen molar-refractivity contribution in [3.8, 4) is 11.1 Å². The van der Waals surface area contributed by atoms with Crippen molar-refractivity contribution < 1.29 is 33.7 Å².